The first-order chi connectivity index (χ1) is 10.2. The van der Waals surface area contributed by atoms with Gasteiger partial charge in [0.05, 0.1) is 0 Å². The van der Waals surface area contributed by atoms with Crippen LogP contribution in [0.1, 0.15) is 36.0 Å². The van der Waals surface area contributed by atoms with Crippen molar-refractivity contribution < 1.29 is 0 Å². The van der Waals surface area contributed by atoms with Gasteiger partial charge in [-0.15, -0.1) is 10.2 Å². The molecule has 21 heavy (non-hydrogen) atoms. The third kappa shape index (κ3) is 2.12. The highest BCUT2D eigenvalue weighted by atomic mass is 32.1. The van der Waals surface area contributed by atoms with E-state index in [1.807, 2.05) is 0 Å². The van der Waals surface area contributed by atoms with Gasteiger partial charge in [-0.05, 0) is 6.07 Å². The Labute approximate surface area is 127 Å². The van der Waals surface area contributed by atoms with Crippen LogP contribution in [0.3, 0.4) is 0 Å². The molecule has 0 unspecified atom stereocenters. The number of benzene rings is 1. The fourth-order valence-corrected chi connectivity index (χ4v) is 3.79. The van der Waals surface area contributed by atoms with Gasteiger partial charge in [0.1, 0.15) is 5.01 Å². The van der Waals surface area contributed by atoms with Gasteiger partial charge in [0.25, 0.3) is 0 Å². The second-order valence-corrected chi connectivity index (χ2v) is 6.86. The van der Waals surface area contributed by atoms with Gasteiger partial charge in [-0.1, -0.05) is 43.4 Å². The van der Waals surface area contributed by atoms with Crippen LogP contribution in [0.15, 0.2) is 24.3 Å². The first-order valence-electron chi connectivity index (χ1n) is 7.39. The molecule has 5 heteroatoms. The number of nitrogens with one attached hydrogen (secondary N) is 1. The quantitative estimate of drug-likeness (QED) is 0.784. The van der Waals surface area contributed by atoms with E-state index < -0.39 is 0 Å². The summed E-state index contributed by atoms with van der Waals surface area (Å²) in [7, 11) is 0. The van der Waals surface area contributed by atoms with E-state index in [-0.39, 0.29) is 0 Å². The number of rotatable bonds is 2. The van der Waals surface area contributed by atoms with Crippen molar-refractivity contribution in [2.24, 2.45) is 0 Å². The lowest BCUT2D eigenvalue weighted by Gasteiger charge is -2.26. The predicted molar refractivity (Wildman–Crippen MR) is 87.1 cm³/mol. The zero-order valence-corrected chi connectivity index (χ0v) is 13.1. The summed E-state index contributed by atoms with van der Waals surface area (Å²) in [6, 6.07) is 8.55. The average molecular weight is 298 g/mol. The fourth-order valence-electron chi connectivity index (χ4n) is 2.92. The molecule has 108 valence electrons. The van der Waals surface area contributed by atoms with Crippen LogP contribution in [-0.2, 0) is 13.0 Å². The van der Waals surface area contributed by atoms with Gasteiger partial charge < -0.3 is 9.88 Å². The standard InChI is InChI=1S/C16H18N4S/c1-10(2)15-18-19-16(21-15)20-8-7-14-12(9-20)11-5-3-4-6-13(11)17-14/h3-6,10,17H,7-9H2,1-2H3. The highest BCUT2D eigenvalue weighted by Gasteiger charge is 2.23. The SMILES string of the molecule is CC(C)c1nnc(N2CCc3[nH]c4ccccc4c3C2)s1. The van der Waals surface area contributed by atoms with Crippen LogP contribution in [0.25, 0.3) is 10.9 Å². The molecule has 3 heterocycles. The van der Waals surface area contributed by atoms with Crippen molar-refractivity contribution >= 4 is 27.4 Å². The Morgan fingerprint density at radius 2 is 2.10 bits per heavy atom. The Balaban J connectivity index is 1.69. The minimum Gasteiger partial charge on any atom is -0.358 e. The van der Waals surface area contributed by atoms with Gasteiger partial charge in [-0.25, -0.2) is 0 Å². The monoisotopic (exact) mass is 298 g/mol. The van der Waals surface area contributed by atoms with Gasteiger partial charge in [-0.2, -0.15) is 0 Å². The third-order valence-electron chi connectivity index (χ3n) is 4.08. The van der Waals surface area contributed by atoms with Gasteiger partial charge in [0.15, 0.2) is 0 Å². The number of aromatic nitrogens is 3. The molecule has 0 spiro atoms. The van der Waals surface area contributed by atoms with Crippen LogP contribution in [0.4, 0.5) is 5.13 Å². The summed E-state index contributed by atoms with van der Waals surface area (Å²) in [6.07, 6.45) is 1.04. The number of H-pyrrole nitrogens is 1. The molecule has 0 bridgehead atoms. The third-order valence-corrected chi connectivity index (χ3v) is 5.36. The maximum absolute atomic E-state index is 4.38. The molecule has 0 saturated heterocycles. The van der Waals surface area contributed by atoms with Gasteiger partial charge >= 0.3 is 0 Å². The Morgan fingerprint density at radius 1 is 1.24 bits per heavy atom. The van der Waals surface area contributed by atoms with Crippen LogP contribution in [0, 0.1) is 0 Å². The van der Waals surface area contributed by atoms with E-state index in [1.165, 1.54) is 22.2 Å². The summed E-state index contributed by atoms with van der Waals surface area (Å²) >= 11 is 1.72. The second kappa shape index (κ2) is 4.84. The zero-order chi connectivity index (χ0) is 14.4. The van der Waals surface area contributed by atoms with E-state index in [1.54, 1.807) is 11.3 Å². The van der Waals surface area contributed by atoms with Gasteiger partial charge in [0, 0.05) is 47.6 Å². The van der Waals surface area contributed by atoms with E-state index >= 15 is 0 Å². The molecule has 0 saturated carbocycles. The molecule has 0 atom stereocenters. The van der Waals surface area contributed by atoms with Crippen molar-refractivity contribution in [3.05, 3.63) is 40.5 Å². The lowest BCUT2D eigenvalue weighted by atomic mass is 10.1. The highest BCUT2D eigenvalue weighted by Crippen LogP contribution is 2.32. The Hall–Kier alpha value is -1.88. The fraction of sp³-hybridized carbons (Fsp3) is 0.375. The van der Waals surface area contributed by atoms with E-state index in [2.05, 4.69) is 58.2 Å². The molecule has 4 nitrogen and oxygen atoms in total. The first kappa shape index (κ1) is 12.8. The minimum absolute atomic E-state index is 0.449. The molecule has 1 N–H and O–H groups in total. The van der Waals surface area contributed by atoms with Crippen molar-refractivity contribution in [2.45, 2.75) is 32.7 Å². The number of hydrogen-bond acceptors (Lipinski definition) is 4. The molecular formula is C16H18N4S. The van der Waals surface area contributed by atoms with Crippen molar-refractivity contribution in [1.29, 1.82) is 0 Å². The van der Waals surface area contributed by atoms with E-state index in [4.69, 9.17) is 0 Å². The molecular weight excluding hydrogens is 280 g/mol. The summed E-state index contributed by atoms with van der Waals surface area (Å²) in [5.74, 6) is 0.449. The second-order valence-electron chi connectivity index (χ2n) is 5.88. The molecule has 0 aliphatic carbocycles. The predicted octanol–water partition coefficient (Wildman–Crippen LogP) is 3.71. The van der Waals surface area contributed by atoms with Crippen LogP contribution >= 0.6 is 11.3 Å². The summed E-state index contributed by atoms with van der Waals surface area (Å²) in [5.41, 5.74) is 4.03. The molecule has 0 fully saturated rings. The van der Waals surface area contributed by atoms with Crippen LogP contribution in [0.2, 0.25) is 0 Å². The average Bonchev–Trinajstić information content (AvgIpc) is 3.11. The molecule has 3 aromatic rings. The molecule has 0 amide bonds. The van der Waals surface area contributed by atoms with Crippen LogP contribution < -0.4 is 4.90 Å². The number of anilines is 1. The maximum atomic E-state index is 4.38. The molecule has 2 aromatic heterocycles. The summed E-state index contributed by atoms with van der Waals surface area (Å²) in [5, 5.41) is 12.2. The highest BCUT2D eigenvalue weighted by molar-refractivity contribution is 7.15. The van der Waals surface area contributed by atoms with Crippen molar-refractivity contribution in [3.63, 3.8) is 0 Å². The van der Waals surface area contributed by atoms with Crippen molar-refractivity contribution in [2.75, 3.05) is 11.4 Å². The van der Waals surface area contributed by atoms with Crippen molar-refractivity contribution in [1.82, 2.24) is 15.2 Å². The molecule has 1 aliphatic rings. The summed E-state index contributed by atoms with van der Waals surface area (Å²) in [6.45, 7) is 6.26. The summed E-state index contributed by atoms with van der Waals surface area (Å²) < 4.78 is 0. The molecule has 1 aromatic carbocycles. The largest absolute Gasteiger partial charge is 0.358 e. The van der Waals surface area contributed by atoms with Crippen LogP contribution in [-0.4, -0.2) is 21.7 Å². The topological polar surface area (TPSA) is 44.8 Å². The van der Waals surface area contributed by atoms with Gasteiger partial charge in [-0.3, -0.25) is 0 Å². The molecule has 1 aliphatic heterocycles. The number of nitrogens with zero attached hydrogens (tertiary/aromatic N) is 3. The lowest BCUT2D eigenvalue weighted by molar-refractivity contribution is 0.716. The normalized spacial score (nSPS) is 14.9. The van der Waals surface area contributed by atoms with E-state index in [0.717, 1.165) is 29.6 Å². The van der Waals surface area contributed by atoms with E-state index in [0.29, 0.717) is 5.92 Å². The number of fused-ring (bicyclic) bond motifs is 3. The summed E-state index contributed by atoms with van der Waals surface area (Å²) in [4.78, 5) is 5.91. The smallest absolute Gasteiger partial charge is 0.208 e. The maximum Gasteiger partial charge on any atom is 0.208 e. The number of para-hydroxylation sites is 1. The first-order valence-corrected chi connectivity index (χ1v) is 8.21. The minimum atomic E-state index is 0.449. The number of aromatic amines is 1. The van der Waals surface area contributed by atoms with Crippen LogP contribution in [0.5, 0.6) is 0 Å². The Kier molecular flexibility index (Phi) is 2.96. The lowest BCUT2D eigenvalue weighted by Crippen LogP contribution is -2.29. The Bertz CT molecular complexity index is 787. The molecule has 4 rings (SSSR count). The zero-order valence-electron chi connectivity index (χ0n) is 12.3. The molecule has 0 radical (unpaired) electrons. The van der Waals surface area contributed by atoms with Crippen molar-refractivity contribution in [3.8, 4) is 0 Å². The Morgan fingerprint density at radius 3 is 2.90 bits per heavy atom. The van der Waals surface area contributed by atoms with E-state index in [9.17, 15) is 0 Å². The van der Waals surface area contributed by atoms with Gasteiger partial charge in [0.2, 0.25) is 5.13 Å². The number of hydrogen-bond donors (Lipinski definition) is 1.